The monoisotopic (exact) mass is 238 g/mol. The van der Waals surface area contributed by atoms with E-state index in [1.165, 1.54) is 12.8 Å². The van der Waals surface area contributed by atoms with E-state index in [2.05, 4.69) is 17.9 Å². The molecule has 0 saturated carbocycles. The molecule has 1 saturated heterocycles. The van der Waals surface area contributed by atoms with E-state index in [1.807, 2.05) is 13.0 Å². The highest BCUT2D eigenvalue weighted by Gasteiger charge is 2.19. The SMILES string of the molecule is Cc1cc(N2CCCC(C)C2)c(Cl)cc1N. The summed E-state index contributed by atoms with van der Waals surface area (Å²) in [5, 5.41) is 0.775. The van der Waals surface area contributed by atoms with Gasteiger partial charge in [0.05, 0.1) is 10.7 Å². The summed E-state index contributed by atoms with van der Waals surface area (Å²) >= 11 is 6.26. The predicted molar refractivity (Wildman–Crippen MR) is 71.2 cm³/mol. The summed E-state index contributed by atoms with van der Waals surface area (Å²) in [6.45, 7) is 6.53. The smallest absolute Gasteiger partial charge is 0.0660 e. The van der Waals surface area contributed by atoms with E-state index < -0.39 is 0 Å². The quantitative estimate of drug-likeness (QED) is 0.760. The van der Waals surface area contributed by atoms with Crippen molar-refractivity contribution in [2.75, 3.05) is 23.7 Å². The van der Waals surface area contributed by atoms with E-state index in [0.29, 0.717) is 0 Å². The number of benzene rings is 1. The molecule has 1 aliphatic heterocycles. The average Bonchev–Trinajstić information content (AvgIpc) is 2.23. The first kappa shape index (κ1) is 11.6. The van der Waals surface area contributed by atoms with Crippen LogP contribution in [0.5, 0.6) is 0 Å². The van der Waals surface area contributed by atoms with Crippen LogP contribution < -0.4 is 10.6 Å². The molecule has 1 atom stereocenters. The third-order valence-electron chi connectivity index (χ3n) is 3.33. The largest absolute Gasteiger partial charge is 0.398 e. The zero-order valence-electron chi connectivity index (χ0n) is 9.96. The molecule has 0 aliphatic carbocycles. The lowest BCUT2D eigenvalue weighted by atomic mass is 9.99. The van der Waals surface area contributed by atoms with Crippen molar-refractivity contribution >= 4 is 23.0 Å². The van der Waals surface area contributed by atoms with Crippen molar-refractivity contribution in [1.82, 2.24) is 0 Å². The van der Waals surface area contributed by atoms with Crippen LogP contribution in [0.2, 0.25) is 5.02 Å². The van der Waals surface area contributed by atoms with Gasteiger partial charge in [0.15, 0.2) is 0 Å². The van der Waals surface area contributed by atoms with Crippen LogP contribution in [0.4, 0.5) is 11.4 Å². The summed E-state index contributed by atoms with van der Waals surface area (Å²) in [5.41, 5.74) is 8.87. The van der Waals surface area contributed by atoms with Crippen LogP contribution in [0.25, 0.3) is 0 Å². The topological polar surface area (TPSA) is 29.3 Å². The Labute approximate surface area is 102 Å². The Morgan fingerprint density at radius 2 is 2.19 bits per heavy atom. The third kappa shape index (κ3) is 2.27. The molecule has 0 radical (unpaired) electrons. The van der Waals surface area contributed by atoms with Gasteiger partial charge in [0, 0.05) is 18.8 Å². The Hall–Kier alpha value is -0.890. The molecule has 1 unspecified atom stereocenters. The highest BCUT2D eigenvalue weighted by Crippen LogP contribution is 2.32. The van der Waals surface area contributed by atoms with Crippen LogP contribution in [-0.4, -0.2) is 13.1 Å². The molecule has 1 heterocycles. The summed E-state index contributed by atoms with van der Waals surface area (Å²) in [5.74, 6) is 0.752. The lowest BCUT2D eigenvalue weighted by Crippen LogP contribution is -2.34. The molecular weight excluding hydrogens is 220 g/mol. The standard InChI is InChI=1S/C13H19ClN2/c1-9-4-3-5-16(8-9)13-6-10(2)12(15)7-11(13)14/h6-7,9H,3-5,8,15H2,1-2H3. The minimum absolute atomic E-state index is 0.752. The van der Waals surface area contributed by atoms with Gasteiger partial charge in [-0.25, -0.2) is 0 Å². The fourth-order valence-electron chi connectivity index (χ4n) is 2.33. The summed E-state index contributed by atoms with van der Waals surface area (Å²) in [4.78, 5) is 2.38. The van der Waals surface area contributed by atoms with E-state index in [1.54, 1.807) is 0 Å². The zero-order chi connectivity index (χ0) is 11.7. The molecule has 0 aromatic heterocycles. The van der Waals surface area contributed by atoms with Gasteiger partial charge < -0.3 is 10.6 Å². The molecule has 1 aliphatic rings. The number of nitrogens with zero attached hydrogens (tertiary/aromatic N) is 1. The molecule has 1 aromatic rings. The first-order valence-corrected chi connectivity index (χ1v) is 6.26. The fraction of sp³-hybridized carbons (Fsp3) is 0.538. The van der Waals surface area contributed by atoms with Crippen LogP contribution >= 0.6 is 11.6 Å². The highest BCUT2D eigenvalue weighted by atomic mass is 35.5. The maximum absolute atomic E-state index is 6.26. The molecule has 1 fully saturated rings. The van der Waals surface area contributed by atoms with Crippen LogP contribution in [-0.2, 0) is 0 Å². The predicted octanol–water partition coefficient (Wildman–Crippen LogP) is 3.47. The van der Waals surface area contributed by atoms with Gasteiger partial charge in [0.2, 0.25) is 0 Å². The van der Waals surface area contributed by atoms with Crippen molar-refractivity contribution in [2.24, 2.45) is 5.92 Å². The second-order valence-electron chi connectivity index (χ2n) is 4.85. The van der Waals surface area contributed by atoms with E-state index in [0.717, 1.165) is 41.0 Å². The molecule has 1 aromatic carbocycles. The minimum Gasteiger partial charge on any atom is -0.398 e. The molecule has 2 N–H and O–H groups in total. The zero-order valence-corrected chi connectivity index (χ0v) is 10.7. The highest BCUT2D eigenvalue weighted by molar-refractivity contribution is 6.33. The molecule has 0 spiro atoms. The van der Waals surface area contributed by atoms with E-state index in [9.17, 15) is 0 Å². The number of aryl methyl sites for hydroxylation is 1. The first-order valence-electron chi connectivity index (χ1n) is 5.88. The van der Waals surface area contributed by atoms with Crippen molar-refractivity contribution in [2.45, 2.75) is 26.7 Å². The van der Waals surface area contributed by atoms with Crippen LogP contribution in [0, 0.1) is 12.8 Å². The minimum atomic E-state index is 0.752. The molecule has 0 amide bonds. The van der Waals surface area contributed by atoms with Crippen molar-refractivity contribution in [3.63, 3.8) is 0 Å². The van der Waals surface area contributed by atoms with Gasteiger partial charge in [-0.15, -0.1) is 0 Å². The lowest BCUT2D eigenvalue weighted by molar-refractivity contribution is 0.447. The second kappa shape index (κ2) is 4.54. The summed E-state index contributed by atoms with van der Waals surface area (Å²) in [6, 6.07) is 3.97. The number of piperidine rings is 1. The van der Waals surface area contributed by atoms with Gasteiger partial charge in [-0.05, 0) is 43.4 Å². The van der Waals surface area contributed by atoms with Crippen molar-refractivity contribution in [1.29, 1.82) is 0 Å². The third-order valence-corrected chi connectivity index (χ3v) is 3.64. The Morgan fingerprint density at radius 1 is 1.44 bits per heavy atom. The summed E-state index contributed by atoms with van der Waals surface area (Å²) < 4.78 is 0. The Morgan fingerprint density at radius 3 is 2.88 bits per heavy atom. The van der Waals surface area contributed by atoms with E-state index in [-0.39, 0.29) is 0 Å². The van der Waals surface area contributed by atoms with Gasteiger partial charge in [-0.1, -0.05) is 18.5 Å². The van der Waals surface area contributed by atoms with E-state index in [4.69, 9.17) is 17.3 Å². The van der Waals surface area contributed by atoms with Crippen LogP contribution in [0.1, 0.15) is 25.3 Å². The number of nitrogens with two attached hydrogens (primary N) is 1. The number of anilines is 2. The summed E-state index contributed by atoms with van der Waals surface area (Å²) in [6.07, 6.45) is 2.57. The number of halogens is 1. The van der Waals surface area contributed by atoms with Crippen LogP contribution in [0.15, 0.2) is 12.1 Å². The number of nitrogen functional groups attached to an aromatic ring is 1. The lowest BCUT2D eigenvalue weighted by Gasteiger charge is -2.33. The number of hydrogen-bond donors (Lipinski definition) is 1. The normalized spacial score (nSPS) is 21.2. The maximum Gasteiger partial charge on any atom is 0.0660 e. The average molecular weight is 239 g/mol. The van der Waals surface area contributed by atoms with Crippen molar-refractivity contribution < 1.29 is 0 Å². The van der Waals surface area contributed by atoms with Crippen LogP contribution in [0.3, 0.4) is 0 Å². The fourth-order valence-corrected chi connectivity index (χ4v) is 2.62. The Bertz CT molecular complexity index is 390. The van der Waals surface area contributed by atoms with Gasteiger partial charge >= 0.3 is 0 Å². The van der Waals surface area contributed by atoms with Gasteiger partial charge in [-0.3, -0.25) is 0 Å². The second-order valence-corrected chi connectivity index (χ2v) is 5.26. The summed E-state index contributed by atoms with van der Waals surface area (Å²) in [7, 11) is 0. The number of hydrogen-bond acceptors (Lipinski definition) is 2. The van der Waals surface area contributed by atoms with Gasteiger partial charge in [-0.2, -0.15) is 0 Å². The van der Waals surface area contributed by atoms with Gasteiger partial charge in [0.25, 0.3) is 0 Å². The van der Waals surface area contributed by atoms with Crippen molar-refractivity contribution in [3.8, 4) is 0 Å². The maximum atomic E-state index is 6.26. The molecule has 16 heavy (non-hydrogen) atoms. The number of rotatable bonds is 1. The Balaban J connectivity index is 2.29. The van der Waals surface area contributed by atoms with Crippen molar-refractivity contribution in [3.05, 3.63) is 22.7 Å². The molecule has 2 nitrogen and oxygen atoms in total. The molecule has 3 heteroatoms. The Kier molecular flexibility index (Phi) is 3.29. The molecule has 88 valence electrons. The first-order chi connectivity index (χ1) is 7.58. The molecule has 0 bridgehead atoms. The molecule has 2 rings (SSSR count). The van der Waals surface area contributed by atoms with E-state index >= 15 is 0 Å². The van der Waals surface area contributed by atoms with Gasteiger partial charge in [0.1, 0.15) is 0 Å². The molecular formula is C13H19ClN2.